The van der Waals surface area contributed by atoms with Crippen LogP contribution in [0.4, 0.5) is 0 Å². The van der Waals surface area contributed by atoms with Crippen molar-refractivity contribution in [2.24, 2.45) is 0 Å². The number of hydrogen-bond acceptors (Lipinski definition) is 3. The van der Waals surface area contributed by atoms with Crippen LogP contribution >= 0.6 is 11.6 Å². The number of halogens is 1. The minimum atomic E-state index is -0.329. The summed E-state index contributed by atoms with van der Waals surface area (Å²) < 4.78 is 4.67. The molecule has 1 N–H and O–H groups in total. The van der Waals surface area contributed by atoms with Gasteiger partial charge in [0.1, 0.15) is 0 Å². The number of esters is 1. The highest BCUT2D eigenvalue weighted by molar-refractivity contribution is 6.31. The highest BCUT2D eigenvalue weighted by Gasteiger charge is 2.20. The van der Waals surface area contributed by atoms with Gasteiger partial charge < -0.3 is 10.1 Å². The third kappa shape index (κ3) is 2.74. The first-order valence-electron chi connectivity index (χ1n) is 5.31. The van der Waals surface area contributed by atoms with E-state index in [0.717, 1.165) is 5.56 Å². The minimum absolute atomic E-state index is 0.329. The molecule has 0 aliphatic heterocycles. The van der Waals surface area contributed by atoms with Crippen LogP contribution in [-0.4, -0.2) is 19.1 Å². The van der Waals surface area contributed by atoms with Crippen molar-refractivity contribution < 1.29 is 9.53 Å². The van der Waals surface area contributed by atoms with Gasteiger partial charge in [0.05, 0.1) is 12.7 Å². The van der Waals surface area contributed by atoms with E-state index in [1.165, 1.54) is 20.0 Å². The maximum absolute atomic E-state index is 11.3. The van der Waals surface area contributed by atoms with Gasteiger partial charge in [0.15, 0.2) is 0 Å². The molecule has 1 fully saturated rings. The van der Waals surface area contributed by atoms with E-state index in [2.05, 4.69) is 10.1 Å². The van der Waals surface area contributed by atoms with Crippen LogP contribution in [-0.2, 0) is 11.3 Å². The van der Waals surface area contributed by atoms with E-state index >= 15 is 0 Å². The maximum Gasteiger partial charge on any atom is 0.337 e. The van der Waals surface area contributed by atoms with Crippen molar-refractivity contribution in [3.8, 4) is 0 Å². The number of benzene rings is 1. The third-order valence-electron chi connectivity index (χ3n) is 2.63. The van der Waals surface area contributed by atoms with Crippen LogP contribution in [0.25, 0.3) is 0 Å². The second-order valence-electron chi connectivity index (χ2n) is 3.95. The summed E-state index contributed by atoms with van der Waals surface area (Å²) in [5, 5.41) is 4.04. The van der Waals surface area contributed by atoms with Gasteiger partial charge in [0.25, 0.3) is 0 Å². The molecule has 1 aromatic carbocycles. The van der Waals surface area contributed by atoms with Gasteiger partial charge in [0.2, 0.25) is 0 Å². The normalized spacial score (nSPS) is 14.9. The zero-order valence-corrected chi connectivity index (χ0v) is 9.88. The van der Waals surface area contributed by atoms with Crippen LogP contribution < -0.4 is 5.32 Å². The molecule has 0 saturated heterocycles. The number of ether oxygens (including phenoxy) is 1. The lowest BCUT2D eigenvalue weighted by molar-refractivity contribution is 0.0600. The van der Waals surface area contributed by atoms with Crippen molar-refractivity contribution in [2.45, 2.75) is 25.4 Å². The largest absolute Gasteiger partial charge is 0.465 e. The Kier molecular flexibility index (Phi) is 3.46. The van der Waals surface area contributed by atoms with Crippen LogP contribution in [0.1, 0.15) is 28.8 Å². The Balaban J connectivity index is 2.11. The fourth-order valence-electron chi connectivity index (χ4n) is 1.50. The lowest BCUT2D eigenvalue weighted by Crippen LogP contribution is -2.16. The highest BCUT2D eigenvalue weighted by Crippen LogP contribution is 2.22. The fourth-order valence-corrected chi connectivity index (χ4v) is 1.68. The van der Waals surface area contributed by atoms with Gasteiger partial charge in [-0.15, -0.1) is 0 Å². The van der Waals surface area contributed by atoms with Gasteiger partial charge in [-0.2, -0.15) is 0 Å². The maximum atomic E-state index is 11.3. The van der Waals surface area contributed by atoms with Crippen LogP contribution in [0.5, 0.6) is 0 Å². The summed E-state index contributed by atoms with van der Waals surface area (Å²) in [7, 11) is 1.37. The molecule has 0 atom stereocenters. The zero-order valence-electron chi connectivity index (χ0n) is 9.13. The van der Waals surface area contributed by atoms with Gasteiger partial charge >= 0.3 is 5.97 Å². The van der Waals surface area contributed by atoms with Crippen molar-refractivity contribution in [3.63, 3.8) is 0 Å². The van der Waals surface area contributed by atoms with Crippen LogP contribution in [0.2, 0.25) is 5.02 Å². The van der Waals surface area contributed by atoms with E-state index in [9.17, 15) is 4.79 Å². The van der Waals surface area contributed by atoms with E-state index in [1.54, 1.807) is 18.2 Å². The summed E-state index contributed by atoms with van der Waals surface area (Å²) in [5.41, 5.74) is 1.48. The average molecular weight is 240 g/mol. The van der Waals surface area contributed by atoms with Gasteiger partial charge in [-0.05, 0) is 36.6 Å². The van der Waals surface area contributed by atoms with Crippen LogP contribution in [0.15, 0.2) is 18.2 Å². The molecule has 0 unspecified atom stereocenters. The SMILES string of the molecule is COC(=O)c1ccc(Cl)c(CNC2CC2)c1. The minimum Gasteiger partial charge on any atom is -0.465 e. The molecule has 0 radical (unpaired) electrons. The zero-order chi connectivity index (χ0) is 11.5. The number of carbonyl (C=O) groups is 1. The predicted octanol–water partition coefficient (Wildman–Crippen LogP) is 2.38. The Morgan fingerprint density at radius 3 is 2.94 bits per heavy atom. The summed E-state index contributed by atoms with van der Waals surface area (Å²) >= 11 is 6.06. The first kappa shape index (κ1) is 11.4. The summed E-state index contributed by atoms with van der Waals surface area (Å²) in [6.45, 7) is 0.703. The molecule has 0 spiro atoms. The van der Waals surface area contributed by atoms with Crippen molar-refractivity contribution in [1.82, 2.24) is 5.32 Å². The Morgan fingerprint density at radius 2 is 2.31 bits per heavy atom. The van der Waals surface area contributed by atoms with E-state index in [0.29, 0.717) is 23.2 Å². The molecule has 3 nitrogen and oxygen atoms in total. The molecule has 4 heteroatoms. The lowest BCUT2D eigenvalue weighted by atomic mass is 10.1. The molecule has 2 rings (SSSR count). The Morgan fingerprint density at radius 1 is 1.56 bits per heavy atom. The van der Waals surface area contributed by atoms with Crippen molar-refractivity contribution in [3.05, 3.63) is 34.3 Å². The smallest absolute Gasteiger partial charge is 0.337 e. The van der Waals surface area contributed by atoms with E-state index < -0.39 is 0 Å². The predicted molar refractivity (Wildman–Crippen MR) is 62.7 cm³/mol. The fraction of sp³-hybridized carbons (Fsp3) is 0.417. The van der Waals surface area contributed by atoms with Gasteiger partial charge in [-0.3, -0.25) is 0 Å². The first-order valence-corrected chi connectivity index (χ1v) is 5.68. The molecule has 1 aromatic rings. The first-order chi connectivity index (χ1) is 7.70. The number of hydrogen-bond donors (Lipinski definition) is 1. The standard InChI is InChI=1S/C12H14ClNO2/c1-16-12(15)8-2-5-11(13)9(6-8)7-14-10-3-4-10/h2,5-6,10,14H,3-4,7H2,1H3. The molecule has 0 heterocycles. The molecule has 0 bridgehead atoms. The number of methoxy groups -OCH3 is 1. The summed E-state index contributed by atoms with van der Waals surface area (Å²) in [5.74, 6) is -0.329. The average Bonchev–Trinajstić information content (AvgIpc) is 3.11. The quantitative estimate of drug-likeness (QED) is 0.820. The monoisotopic (exact) mass is 239 g/mol. The molecule has 16 heavy (non-hydrogen) atoms. The van der Waals surface area contributed by atoms with Crippen LogP contribution in [0.3, 0.4) is 0 Å². The van der Waals surface area contributed by atoms with Crippen molar-refractivity contribution in [2.75, 3.05) is 7.11 Å². The number of nitrogens with one attached hydrogen (secondary N) is 1. The summed E-state index contributed by atoms with van der Waals surface area (Å²) in [6, 6.07) is 5.81. The van der Waals surface area contributed by atoms with Crippen molar-refractivity contribution in [1.29, 1.82) is 0 Å². The van der Waals surface area contributed by atoms with Gasteiger partial charge in [-0.1, -0.05) is 11.6 Å². The molecule has 86 valence electrons. The second-order valence-corrected chi connectivity index (χ2v) is 4.36. The topological polar surface area (TPSA) is 38.3 Å². The second kappa shape index (κ2) is 4.85. The van der Waals surface area contributed by atoms with E-state index in [-0.39, 0.29) is 5.97 Å². The summed E-state index contributed by atoms with van der Waals surface area (Å²) in [6.07, 6.45) is 2.46. The summed E-state index contributed by atoms with van der Waals surface area (Å²) in [4.78, 5) is 11.3. The van der Waals surface area contributed by atoms with Crippen LogP contribution in [0, 0.1) is 0 Å². The van der Waals surface area contributed by atoms with Gasteiger partial charge in [-0.25, -0.2) is 4.79 Å². The highest BCUT2D eigenvalue weighted by atomic mass is 35.5. The Hall–Kier alpha value is -1.06. The number of rotatable bonds is 4. The Labute approximate surface area is 99.7 Å². The molecular weight excluding hydrogens is 226 g/mol. The molecular formula is C12H14ClNO2. The third-order valence-corrected chi connectivity index (χ3v) is 2.99. The molecule has 1 aliphatic rings. The molecule has 0 amide bonds. The lowest BCUT2D eigenvalue weighted by Gasteiger charge is -2.07. The number of carbonyl (C=O) groups excluding carboxylic acids is 1. The Bertz CT molecular complexity index is 402. The molecule has 1 saturated carbocycles. The van der Waals surface area contributed by atoms with E-state index in [4.69, 9.17) is 11.6 Å². The molecule has 0 aromatic heterocycles. The van der Waals surface area contributed by atoms with Crippen molar-refractivity contribution >= 4 is 17.6 Å². The van der Waals surface area contributed by atoms with E-state index in [1.807, 2.05) is 0 Å². The molecule has 1 aliphatic carbocycles. The van der Waals surface area contributed by atoms with Gasteiger partial charge in [0, 0.05) is 17.6 Å².